The minimum Gasteiger partial charge on any atom is -0.397 e. The molecule has 5 nitrogen and oxygen atoms in total. The Hall–Kier alpha value is -2.11. The Morgan fingerprint density at radius 1 is 1.45 bits per heavy atom. The Kier molecular flexibility index (Phi) is 4.22. The van der Waals surface area contributed by atoms with Gasteiger partial charge in [-0.05, 0) is 37.5 Å². The first kappa shape index (κ1) is 14.3. The second-order valence-electron chi connectivity index (χ2n) is 5.17. The molecule has 1 saturated heterocycles. The number of Topliss-reactive ketones (excluding diaryl/α,β-unsaturated/α-hetero) is 1. The third-order valence-corrected chi connectivity index (χ3v) is 3.40. The number of anilines is 2. The fraction of sp³-hybridized carbons (Fsp3) is 0.429. The number of nitrogens with two attached hydrogens (primary N) is 1. The zero-order valence-electron chi connectivity index (χ0n) is 11.4. The summed E-state index contributed by atoms with van der Waals surface area (Å²) in [5, 5.41) is 2.65. The summed E-state index contributed by atoms with van der Waals surface area (Å²) in [6.45, 7) is 2.85. The summed E-state index contributed by atoms with van der Waals surface area (Å²) in [5.74, 6) is 0.121. The van der Waals surface area contributed by atoms with Crippen molar-refractivity contribution in [2.24, 2.45) is 5.92 Å². The van der Waals surface area contributed by atoms with E-state index >= 15 is 0 Å². The highest BCUT2D eigenvalue weighted by Crippen LogP contribution is 2.24. The maximum atomic E-state index is 12.9. The van der Waals surface area contributed by atoms with E-state index in [9.17, 15) is 14.0 Å². The Labute approximate surface area is 116 Å². The summed E-state index contributed by atoms with van der Waals surface area (Å²) in [5.41, 5.74) is 6.23. The van der Waals surface area contributed by atoms with E-state index < -0.39 is 5.82 Å². The van der Waals surface area contributed by atoms with E-state index in [1.807, 2.05) is 0 Å². The van der Waals surface area contributed by atoms with Crippen molar-refractivity contribution in [2.75, 3.05) is 24.1 Å². The lowest BCUT2D eigenvalue weighted by Gasteiger charge is -2.39. The second-order valence-corrected chi connectivity index (χ2v) is 5.17. The van der Waals surface area contributed by atoms with Crippen molar-refractivity contribution >= 4 is 23.2 Å². The number of hydrogen-bond donors (Lipinski definition) is 2. The first-order valence-electron chi connectivity index (χ1n) is 6.56. The predicted octanol–water partition coefficient (Wildman–Crippen LogP) is 2.24. The van der Waals surface area contributed by atoms with Gasteiger partial charge in [0.05, 0.1) is 11.4 Å². The van der Waals surface area contributed by atoms with Crippen molar-refractivity contribution in [3.05, 3.63) is 24.0 Å². The first-order chi connectivity index (χ1) is 9.45. The Morgan fingerprint density at radius 3 is 2.75 bits per heavy atom. The van der Waals surface area contributed by atoms with Crippen LogP contribution in [0, 0.1) is 11.7 Å². The van der Waals surface area contributed by atoms with Gasteiger partial charge >= 0.3 is 6.03 Å². The van der Waals surface area contributed by atoms with Crippen molar-refractivity contribution in [3.63, 3.8) is 0 Å². The van der Waals surface area contributed by atoms with E-state index in [1.54, 1.807) is 11.8 Å². The average Bonchev–Trinajstić information content (AvgIpc) is 2.30. The number of carbonyl (C=O) groups excluding carboxylic acids is 2. The number of amides is 2. The van der Waals surface area contributed by atoms with Crippen LogP contribution in [-0.4, -0.2) is 29.8 Å². The van der Waals surface area contributed by atoms with Gasteiger partial charge in [0, 0.05) is 19.5 Å². The number of nitrogen functional groups attached to an aromatic ring is 1. The van der Waals surface area contributed by atoms with Gasteiger partial charge in [0.15, 0.2) is 0 Å². The zero-order chi connectivity index (χ0) is 14.7. The third kappa shape index (κ3) is 3.46. The molecule has 0 atom stereocenters. The SMILES string of the molecule is CC(=O)CCC1CN(C(=O)Nc2ccc(F)cc2N)C1. The predicted molar refractivity (Wildman–Crippen MR) is 74.8 cm³/mol. The Bertz CT molecular complexity index is 527. The molecule has 6 heteroatoms. The first-order valence-corrected chi connectivity index (χ1v) is 6.56. The number of ketones is 1. The Morgan fingerprint density at radius 2 is 2.15 bits per heavy atom. The van der Waals surface area contributed by atoms with Gasteiger partial charge in [-0.2, -0.15) is 0 Å². The van der Waals surface area contributed by atoms with E-state index in [4.69, 9.17) is 5.73 Å². The van der Waals surface area contributed by atoms with Crippen molar-refractivity contribution in [3.8, 4) is 0 Å². The molecule has 0 radical (unpaired) electrons. The summed E-state index contributed by atoms with van der Waals surface area (Å²) < 4.78 is 12.9. The number of benzene rings is 1. The van der Waals surface area contributed by atoms with E-state index in [2.05, 4.69) is 5.32 Å². The molecule has 1 aromatic rings. The second kappa shape index (κ2) is 5.90. The van der Waals surface area contributed by atoms with Crippen molar-refractivity contribution in [2.45, 2.75) is 19.8 Å². The summed E-state index contributed by atoms with van der Waals surface area (Å²) in [7, 11) is 0. The molecule has 2 amide bonds. The number of halogens is 1. The summed E-state index contributed by atoms with van der Waals surface area (Å²) in [6, 6.07) is 3.61. The van der Waals surface area contributed by atoms with Crippen LogP contribution in [0.1, 0.15) is 19.8 Å². The summed E-state index contributed by atoms with van der Waals surface area (Å²) >= 11 is 0. The molecular weight excluding hydrogens is 261 g/mol. The van der Waals surface area contributed by atoms with Crippen LogP contribution >= 0.6 is 0 Å². The van der Waals surface area contributed by atoms with Crippen LogP contribution in [0.25, 0.3) is 0 Å². The summed E-state index contributed by atoms with van der Waals surface area (Å²) in [6.07, 6.45) is 1.38. The minimum absolute atomic E-state index is 0.173. The molecule has 0 aliphatic carbocycles. The molecular formula is C14H18FN3O2. The third-order valence-electron chi connectivity index (χ3n) is 3.40. The maximum absolute atomic E-state index is 12.9. The molecule has 0 unspecified atom stereocenters. The Balaban J connectivity index is 1.81. The van der Waals surface area contributed by atoms with Crippen LogP contribution in [0.4, 0.5) is 20.6 Å². The molecule has 1 heterocycles. The van der Waals surface area contributed by atoms with E-state index in [-0.39, 0.29) is 17.5 Å². The maximum Gasteiger partial charge on any atom is 0.321 e. The topological polar surface area (TPSA) is 75.4 Å². The molecule has 0 bridgehead atoms. The van der Waals surface area contributed by atoms with Crippen molar-refractivity contribution in [1.82, 2.24) is 4.90 Å². The van der Waals surface area contributed by atoms with Crippen LogP contribution in [0.3, 0.4) is 0 Å². The van der Waals surface area contributed by atoms with E-state index in [0.717, 1.165) is 6.42 Å². The largest absolute Gasteiger partial charge is 0.397 e. The van der Waals surface area contributed by atoms with E-state index in [1.165, 1.54) is 18.2 Å². The van der Waals surface area contributed by atoms with Crippen LogP contribution < -0.4 is 11.1 Å². The molecule has 3 N–H and O–H groups in total. The van der Waals surface area contributed by atoms with Crippen molar-refractivity contribution < 1.29 is 14.0 Å². The molecule has 1 aliphatic rings. The van der Waals surface area contributed by atoms with Gasteiger partial charge in [0.1, 0.15) is 11.6 Å². The standard InChI is InChI=1S/C14H18FN3O2/c1-9(19)2-3-10-7-18(8-10)14(20)17-13-5-4-11(15)6-12(13)16/h4-6,10H,2-3,7-8,16H2,1H3,(H,17,20). The van der Waals surface area contributed by atoms with Crippen LogP contribution in [0.5, 0.6) is 0 Å². The van der Waals surface area contributed by atoms with Gasteiger partial charge < -0.3 is 20.7 Å². The van der Waals surface area contributed by atoms with Crippen LogP contribution in [-0.2, 0) is 4.79 Å². The molecule has 1 aliphatic heterocycles. The monoisotopic (exact) mass is 279 g/mol. The molecule has 0 aromatic heterocycles. The smallest absolute Gasteiger partial charge is 0.321 e. The number of carbonyl (C=O) groups is 2. The fourth-order valence-corrected chi connectivity index (χ4v) is 2.17. The molecule has 2 rings (SSSR count). The van der Waals surface area contributed by atoms with Gasteiger partial charge in [-0.3, -0.25) is 0 Å². The zero-order valence-corrected chi connectivity index (χ0v) is 11.4. The lowest BCUT2D eigenvalue weighted by atomic mass is 9.94. The van der Waals surface area contributed by atoms with Gasteiger partial charge in [0.25, 0.3) is 0 Å². The number of urea groups is 1. The molecule has 1 aromatic carbocycles. The number of hydrogen-bond acceptors (Lipinski definition) is 3. The normalized spacial score (nSPS) is 14.8. The van der Waals surface area contributed by atoms with Gasteiger partial charge in [-0.1, -0.05) is 0 Å². The molecule has 20 heavy (non-hydrogen) atoms. The number of rotatable bonds is 4. The lowest BCUT2D eigenvalue weighted by molar-refractivity contribution is -0.117. The van der Waals surface area contributed by atoms with Gasteiger partial charge in [0.2, 0.25) is 0 Å². The summed E-state index contributed by atoms with van der Waals surface area (Å²) in [4.78, 5) is 24.4. The molecule has 108 valence electrons. The quantitative estimate of drug-likeness (QED) is 0.830. The lowest BCUT2D eigenvalue weighted by Crippen LogP contribution is -2.51. The number of nitrogens with one attached hydrogen (secondary N) is 1. The number of likely N-dealkylation sites (tertiary alicyclic amines) is 1. The van der Waals surface area contributed by atoms with Gasteiger partial charge in [-0.25, -0.2) is 9.18 Å². The minimum atomic E-state index is -0.436. The van der Waals surface area contributed by atoms with Crippen LogP contribution in [0.2, 0.25) is 0 Å². The van der Waals surface area contributed by atoms with Crippen molar-refractivity contribution in [1.29, 1.82) is 0 Å². The molecule has 0 saturated carbocycles. The molecule has 0 spiro atoms. The highest BCUT2D eigenvalue weighted by atomic mass is 19.1. The fourth-order valence-electron chi connectivity index (χ4n) is 2.17. The number of nitrogens with zero attached hydrogens (tertiary/aromatic N) is 1. The van der Waals surface area contributed by atoms with Gasteiger partial charge in [-0.15, -0.1) is 0 Å². The van der Waals surface area contributed by atoms with E-state index in [0.29, 0.717) is 31.1 Å². The highest BCUT2D eigenvalue weighted by Gasteiger charge is 2.30. The molecule has 1 fully saturated rings. The highest BCUT2D eigenvalue weighted by molar-refractivity contribution is 5.93. The van der Waals surface area contributed by atoms with Crippen LogP contribution in [0.15, 0.2) is 18.2 Å². The average molecular weight is 279 g/mol.